The molecule has 1 saturated heterocycles. The maximum atomic E-state index is 3.67. The van der Waals surface area contributed by atoms with Gasteiger partial charge >= 0.3 is 0 Å². The molecule has 1 heterocycles. The average molecular weight is 254 g/mol. The zero-order valence-corrected chi connectivity index (χ0v) is 13.3. The summed E-state index contributed by atoms with van der Waals surface area (Å²) in [4.78, 5) is 2.68. The van der Waals surface area contributed by atoms with Crippen molar-refractivity contribution in [3.05, 3.63) is 0 Å². The third kappa shape index (κ3) is 5.71. The van der Waals surface area contributed by atoms with Gasteiger partial charge in [-0.2, -0.15) is 0 Å². The molecule has 2 unspecified atom stereocenters. The van der Waals surface area contributed by atoms with Crippen molar-refractivity contribution < 1.29 is 0 Å². The SMILES string of the molecule is CCCC(C)(CNCC(C)C)CN1CCC(C)C1. The zero-order valence-electron chi connectivity index (χ0n) is 13.3. The van der Waals surface area contributed by atoms with E-state index in [1.807, 2.05) is 0 Å². The molecule has 0 amide bonds. The molecule has 0 aliphatic carbocycles. The van der Waals surface area contributed by atoms with Gasteiger partial charge in [0.05, 0.1) is 0 Å². The Labute approximate surface area is 115 Å². The minimum atomic E-state index is 0.452. The first-order valence-electron chi connectivity index (χ1n) is 7.88. The lowest BCUT2D eigenvalue weighted by Crippen LogP contribution is -2.42. The minimum Gasteiger partial charge on any atom is -0.316 e. The fraction of sp³-hybridized carbons (Fsp3) is 1.00. The van der Waals surface area contributed by atoms with Crippen LogP contribution in [0.1, 0.15) is 53.9 Å². The number of nitrogens with zero attached hydrogens (tertiary/aromatic N) is 1. The van der Waals surface area contributed by atoms with E-state index < -0.39 is 0 Å². The van der Waals surface area contributed by atoms with Crippen molar-refractivity contribution in [2.24, 2.45) is 17.3 Å². The van der Waals surface area contributed by atoms with E-state index >= 15 is 0 Å². The van der Waals surface area contributed by atoms with Crippen LogP contribution in [0.25, 0.3) is 0 Å². The molecule has 0 aromatic heterocycles. The van der Waals surface area contributed by atoms with Gasteiger partial charge in [0.15, 0.2) is 0 Å². The predicted octanol–water partition coefficient (Wildman–Crippen LogP) is 3.38. The van der Waals surface area contributed by atoms with Gasteiger partial charge in [-0.15, -0.1) is 0 Å². The Kier molecular flexibility index (Phi) is 6.65. The smallest absolute Gasteiger partial charge is 0.00476 e. The summed E-state index contributed by atoms with van der Waals surface area (Å²) < 4.78 is 0. The number of nitrogens with one attached hydrogen (secondary N) is 1. The van der Waals surface area contributed by atoms with Crippen LogP contribution < -0.4 is 5.32 Å². The van der Waals surface area contributed by atoms with Crippen LogP contribution in [0.5, 0.6) is 0 Å². The van der Waals surface area contributed by atoms with E-state index in [1.54, 1.807) is 0 Å². The first kappa shape index (κ1) is 16.0. The second-order valence-electron chi connectivity index (χ2n) is 7.21. The maximum Gasteiger partial charge on any atom is 0.00476 e. The molecule has 0 radical (unpaired) electrons. The van der Waals surface area contributed by atoms with Crippen LogP contribution in [-0.4, -0.2) is 37.6 Å². The fourth-order valence-corrected chi connectivity index (χ4v) is 3.20. The molecule has 0 bridgehead atoms. The second kappa shape index (κ2) is 7.49. The number of rotatable bonds is 8. The molecule has 1 aliphatic heterocycles. The molecule has 108 valence electrons. The summed E-state index contributed by atoms with van der Waals surface area (Å²) >= 11 is 0. The Balaban J connectivity index is 2.40. The van der Waals surface area contributed by atoms with Crippen molar-refractivity contribution in [1.29, 1.82) is 0 Å². The van der Waals surface area contributed by atoms with Gasteiger partial charge in [0.1, 0.15) is 0 Å². The number of hydrogen-bond acceptors (Lipinski definition) is 2. The lowest BCUT2D eigenvalue weighted by atomic mass is 9.84. The summed E-state index contributed by atoms with van der Waals surface area (Å²) in [6.45, 7) is 17.9. The van der Waals surface area contributed by atoms with E-state index in [0.717, 1.165) is 18.4 Å². The molecule has 0 aromatic rings. The molecule has 0 saturated carbocycles. The Morgan fingerprint density at radius 2 is 2.11 bits per heavy atom. The maximum absolute atomic E-state index is 3.67. The Morgan fingerprint density at radius 3 is 2.61 bits per heavy atom. The van der Waals surface area contributed by atoms with Crippen LogP contribution in [0.3, 0.4) is 0 Å². The average Bonchev–Trinajstić information content (AvgIpc) is 2.63. The third-order valence-corrected chi connectivity index (χ3v) is 4.07. The normalized spacial score (nSPS) is 24.7. The molecule has 1 aliphatic rings. The van der Waals surface area contributed by atoms with Gasteiger partial charge in [-0.1, -0.05) is 41.0 Å². The van der Waals surface area contributed by atoms with Gasteiger partial charge in [0.25, 0.3) is 0 Å². The van der Waals surface area contributed by atoms with Crippen molar-refractivity contribution in [2.45, 2.75) is 53.9 Å². The van der Waals surface area contributed by atoms with Crippen molar-refractivity contribution >= 4 is 0 Å². The molecule has 2 heteroatoms. The summed E-state index contributed by atoms with van der Waals surface area (Å²) in [5, 5.41) is 3.67. The van der Waals surface area contributed by atoms with Crippen molar-refractivity contribution in [2.75, 3.05) is 32.7 Å². The number of likely N-dealkylation sites (tertiary alicyclic amines) is 1. The number of hydrogen-bond donors (Lipinski definition) is 1. The van der Waals surface area contributed by atoms with Gasteiger partial charge in [-0.05, 0) is 43.2 Å². The predicted molar refractivity (Wildman–Crippen MR) is 80.9 cm³/mol. The molecular weight excluding hydrogens is 220 g/mol. The highest BCUT2D eigenvalue weighted by Crippen LogP contribution is 2.27. The second-order valence-corrected chi connectivity index (χ2v) is 7.21. The topological polar surface area (TPSA) is 15.3 Å². The zero-order chi connectivity index (χ0) is 13.6. The molecule has 2 atom stereocenters. The highest BCUT2D eigenvalue weighted by Gasteiger charge is 2.29. The first-order valence-corrected chi connectivity index (χ1v) is 7.88. The molecule has 0 spiro atoms. The fourth-order valence-electron chi connectivity index (χ4n) is 3.20. The molecule has 1 rings (SSSR count). The van der Waals surface area contributed by atoms with Gasteiger partial charge in [0, 0.05) is 19.6 Å². The van der Waals surface area contributed by atoms with Crippen LogP contribution in [0, 0.1) is 17.3 Å². The summed E-state index contributed by atoms with van der Waals surface area (Å²) in [7, 11) is 0. The van der Waals surface area contributed by atoms with Crippen molar-refractivity contribution in [3.8, 4) is 0 Å². The summed E-state index contributed by atoms with van der Waals surface area (Å²) in [6.07, 6.45) is 4.02. The van der Waals surface area contributed by atoms with Gasteiger partial charge in [-0.3, -0.25) is 0 Å². The minimum absolute atomic E-state index is 0.452. The van der Waals surface area contributed by atoms with Crippen LogP contribution in [0.2, 0.25) is 0 Å². The van der Waals surface area contributed by atoms with E-state index in [2.05, 4.69) is 44.8 Å². The van der Waals surface area contributed by atoms with Crippen molar-refractivity contribution in [3.63, 3.8) is 0 Å². The highest BCUT2D eigenvalue weighted by molar-refractivity contribution is 4.84. The first-order chi connectivity index (χ1) is 8.45. The third-order valence-electron chi connectivity index (χ3n) is 4.07. The summed E-state index contributed by atoms with van der Waals surface area (Å²) in [5.41, 5.74) is 0.452. The largest absolute Gasteiger partial charge is 0.316 e. The molecule has 2 nitrogen and oxygen atoms in total. The van der Waals surface area contributed by atoms with Gasteiger partial charge < -0.3 is 10.2 Å². The van der Waals surface area contributed by atoms with E-state index in [4.69, 9.17) is 0 Å². The van der Waals surface area contributed by atoms with Gasteiger partial charge in [-0.25, -0.2) is 0 Å². The molecule has 1 fully saturated rings. The quantitative estimate of drug-likeness (QED) is 0.714. The van der Waals surface area contributed by atoms with Crippen molar-refractivity contribution in [1.82, 2.24) is 10.2 Å². The monoisotopic (exact) mass is 254 g/mol. The molecule has 18 heavy (non-hydrogen) atoms. The van der Waals surface area contributed by atoms with Gasteiger partial charge in [0.2, 0.25) is 0 Å². The Bertz CT molecular complexity index is 227. The summed E-state index contributed by atoms with van der Waals surface area (Å²) in [6, 6.07) is 0. The van der Waals surface area contributed by atoms with Crippen LogP contribution in [-0.2, 0) is 0 Å². The van der Waals surface area contributed by atoms with E-state index in [0.29, 0.717) is 5.41 Å². The lowest BCUT2D eigenvalue weighted by molar-refractivity contribution is 0.168. The Morgan fingerprint density at radius 1 is 1.39 bits per heavy atom. The molecular formula is C16H34N2. The van der Waals surface area contributed by atoms with E-state index in [9.17, 15) is 0 Å². The van der Waals surface area contributed by atoms with E-state index in [-0.39, 0.29) is 0 Å². The standard InChI is InChI=1S/C16H34N2/c1-6-8-16(5,12-17-10-14(2)3)13-18-9-7-15(4)11-18/h14-15,17H,6-13H2,1-5H3. The highest BCUT2D eigenvalue weighted by atomic mass is 15.2. The summed E-state index contributed by atoms with van der Waals surface area (Å²) in [5.74, 6) is 1.65. The molecule has 1 N–H and O–H groups in total. The Hall–Kier alpha value is -0.0800. The van der Waals surface area contributed by atoms with Crippen LogP contribution >= 0.6 is 0 Å². The van der Waals surface area contributed by atoms with Crippen LogP contribution in [0.15, 0.2) is 0 Å². The lowest BCUT2D eigenvalue weighted by Gasteiger charge is -2.34. The van der Waals surface area contributed by atoms with Crippen LogP contribution in [0.4, 0.5) is 0 Å². The molecule has 0 aromatic carbocycles. The van der Waals surface area contributed by atoms with E-state index in [1.165, 1.54) is 45.4 Å².